The standard InChI is InChI=1S/C36H53FN4O8/c1-6-8-11-25(10-7-2)49-32(47)41-40-31(46)13-9-12-30(45)39-38-28(21-42)36(48)22(3)18-27-26-15-14-23-19-24(43)16-17-33(23,4)35(26,37)29(44)20-34(27,36)5/h8,11,16-17,19,22,25-27,29,42,44,48H,6-7,9-10,12-15,18,20-21H2,1-5H3,(H,39,45)(H,40,46)(H,41,47)/b11-8+,38-28-/t22-,25?,26+,27+,29+,33+,34+,35+,36+/m1/s1. The van der Waals surface area contributed by atoms with Crippen LogP contribution in [0.1, 0.15) is 98.8 Å². The van der Waals surface area contributed by atoms with E-state index in [4.69, 9.17) is 4.74 Å². The van der Waals surface area contributed by atoms with E-state index in [1.54, 1.807) is 32.9 Å². The lowest BCUT2D eigenvalue weighted by molar-refractivity contribution is -0.209. The molecule has 0 heterocycles. The fourth-order valence-corrected chi connectivity index (χ4v) is 9.11. The van der Waals surface area contributed by atoms with Gasteiger partial charge in [0, 0.05) is 29.6 Å². The van der Waals surface area contributed by atoms with Gasteiger partial charge in [-0.1, -0.05) is 51.8 Å². The average molecular weight is 689 g/mol. The summed E-state index contributed by atoms with van der Waals surface area (Å²) in [6, 6.07) is 0. The van der Waals surface area contributed by atoms with E-state index >= 15 is 4.39 Å². The largest absolute Gasteiger partial charge is 0.441 e. The number of allylic oxidation sites excluding steroid dienone is 5. The van der Waals surface area contributed by atoms with Crippen LogP contribution < -0.4 is 16.3 Å². The minimum Gasteiger partial charge on any atom is -0.441 e. The summed E-state index contributed by atoms with van der Waals surface area (Å²) in [4.78, 5) is 49.1. The maximum Gasteiger partial charge on any atom is 0.426 e. The van der Waals surface area contributed by atoms with Gasteiger partial charge < -0.3 is 20.1 Å². The fourth-order valence-electron chi connectivity index (χ4n) is 9.11. The van der Waals surface area contributed by atoms with Crippen molar-refractivity contribution < 1.29 is 43.6 Å². The first-order valence-electron chi connectivity index (χ1n) is 17.5. The molecule has 0 spiro atoms. The van der Waals surface area contributed by atoms with Crippen molar-refractivity contribution >= 4 is 29.4 Å². The molecule has 13 heteroatoms. The third-order valence-corrected chi connectivity index (χ3v) is 11.7. The highest BCUT2D eigenvalue weighted by Gasteiger charge is 2.75. The van der Waals surface area contributed by atoms with Crippen molar-refractivity contribution in [3.05, 3.63) is 36.0 Å². The third-order valence-electron chi connectivity index (χ3n) is 11.7. The Hall–Kier alpha value is -3.42. The van der Waals surface area contributed by atoms with Gasteiger partial charge in [0.05, 0.1) is 18.4 Å². The first kappa shape index (κ1) is 38.4. The van der Waals surface area contributed by atoms with Gasteiger partial charge in [0.25, 0.3) is 0 Å². The topological polar surface area (TPSA) is 187 Å². The summed E-state index contributed by atoms with van der Waals surface area (Å²) in [6.45, 7) is 8.57. The van der Waals surface area contributed by atoms with Crippen molar-refractivity contribution in [1.29, 1.82) is 0 Å². The number of hydrazone groups is 1. The molecule has 3 fully saturated rings. The van der Waals surface area contributed by atoms with E-state index in [1.807, 2.05) is 19.9 Å². The van der Waals surface area contributed by atoms with Crippen LogP contribution in [0.3, 0.4) is 0 Å². The summed E-state index contributed by atoms with van der Waals surface area (Å²) in [6.07, 6.45) is 8.79. The van der Waals surface area contributed by atoms with Crippen LogP contribution in [0, 0.1) is 28.6 Å². The van der Waals surface area contributed by atoms with Gasteiger partial charge in [0.2, 0.25) is 11.8 Å². The number of amides is 3. The van der Waals surface area contributed by atoms with Gasteiger partial charge in [0.1, 0.15) is 11.7 Å². The van der Waals surface area contributed by atoms with Crippen LogP contribution in [0.25, 0.3) is 0 Å². The van der Waals surface area contributed by atoms with Gasteiger partial charge in [0.15, 0.2) is 11.5 Å². The highest BCUT2D eigenvalue weighted by atomic mass is 19.1. The number of ether oxygens (including phenoxy) is 1. The number of ketones is 1. The lowest BCUT2D eigenvalue weighted by Gasteiger charge is -2.62. The maximum absolute atomic E-state index is 17.4. The molecule has 4 rings (SSSR count). The molecule has 9 atom stereocenters. The number of hydrogen-bond donors (Lipinski definition) is 6. The maximum atomic E-state index is 17.4. The molecule has 6 N–H and O–H groups in total. The lowest BCUT2D eigenvalue weighted by atomic mass is 9.44. The summed E-state index contributed by atoms with van der Waals surface area (Å²) < 4.78 is 22.7. The first-order chi connectivity index (χ1) is 23.1. The van der Waals surface area contributed by atoms with Crippen LogP contribution in [-0.2, 0) is 19.1 Å². The summed E-state index contributed by atoms with van der Waals surface area (Å²) in [5, 5.41) is 38.5. The molecule has 4 aliphatic rings. The molecule has 49 heavy (non-hydrogen) atoms. The minimum atomic E-state index is -2.07. The van der Waals surface area contributed by atoms with Crippen LogP contribution in [0.4, 0.5) is 9.18 Å². The molecule has 0 aliphatic heterocycles. The monoisotopic (exact) mass is 688 g/mol. The Labute approximate surface area is 287 Å². The number of alkyl halides is 1. The van der Waals surface area contributed by atoms with Crippen LogP contribution in [-0.4, -0.2) is 74.8 Å². The molecule has 12 nitrogen and oxygen atoms in total. The lowest BCUT2D eigenvalue weighted by Crippen LogP contribution is -2.69. The van der Waals surface area contributed by atoms with E-state index < -0.39 is 70.7 Å². The summed E-state index contributed by atoms with van der Waals surface area (Å²) in [5.74, 6) is -2.79. The van der Waals surface area contributed by atoms with Crippen molar-refractivity contribution in [2.45, 2.75) is 122 Å². The number of aliphatic hydroxyl groups is 3. The van der Waals surface area contributed by atoms with E-state index in [0.717, 1.165) is 12.8 Å². The predicted molar refractivity (Wildman–Crippen MR) is 180 cm³/mol. The molecule has 0 radical (unpaired) electrons. The van der Waals surface area contributed by atoms with E-state index in [0.29, 0.717) is 31.3 Å². The SMILES string of the molecule is CC/C=C/C(CCC)OC(=O)NNC(=O)CCCC(=O)N/N=C(/CO)[C@@]1(O)[C@H](C)C[C@H]2[C@@H]3CCC4=CC(=O)C=C[C@]4(C)[C@@]3(F)[C@@H](O)C[C@@]21C. The zero-order valence-corrected chi connectivity index (χ0v) is 29.3. The fraction of sp³-hybridized carbons (Fsp3) is 0.694. The number of carbonyl (C=O) groups is 4. The summed E-state index contributed by atoms with van der Waals surface area (Å²) in [5.41, 5.74) is 1.34. The van der Waals surface area contributed by atoms with Crippen LogP contribution in [0.2, 0.25) is 0 Å². The zero-order chi connectivity index (χ0) is 36.2. The number of rotatable bonds is 12. The third kappa shape index (κ3) is 6.98. The molecular weight excluding hydrogens is 635 g/mol. The summed E-state index contributed by atoms with van der Waals surface area (Å²) in [7, 11) is 0. The van der Waals surface area contributed by atoms with Crippen molar-refractivity contribution in [1.82, 2.24) is 16.3 Å². The zero-order valence-electron chi connectivity index (χ0n) is 29.3. The molecule has 0 aromatic rings. The quantitative estimate of drug-likeness (QED) is 0.101. The van der Waals surface area contributed by atoms with Crippen LogP contribution >= 0.6 is 0 Å². The molecule has 0 aromatic heterocycles. The molecular formula is C36H53FN4O8. The number of nitrogens with zero attached hydrogens (tertiary/aromatic N) is 1. The Morgan fingerprint density at radius 3 is 2.55 bits per heavy atom. The Morgan fingerprint density at radius 2 is 1.88 bits per heavy atom. The molecule has 272 valence electrons. The van der Waals surface area contributed by atoms with Crippen molar-refractivity contribution in [3.8, 4) is 0 Å². The molecule has 0 saturated heterocycles. The molecule has 1 unspecified atom stereocenters. The number of hydrazine groups is 1. The number of hydrogen-bond acceptors (Lipinski definition) is 9. The second-order valence-electron chi connectivity index (χ2n) is 14.5. The van der Waals surface area contributed by atoms with E-state index in [1.165, 1.54) is 12.2 Å². The minimum absolute atomic E-state index is 0.0808. The van der Waals surface area contributed by atoms with Crippen molar-refractivity contribution in [3.63, 3.8) is 0 Å². The van der Waals surface area contributed by atoms with Gasteiger partial charge in [-0.15, -0.1) is 0 Å². The second kappa shape index (κ2) is 15.2. The van der Waals surface area contributed by atoms with Gasteiger partial charge in [-0.05, 0) is 81.9 Å². The highest BCUT2D eigenvalue weighted by Crippen LogP contribution is 2.70. The van der Waals surface area contributed by atoms with Gasteiger partial charge in [-0.3, -0.25) is 19.8 Å². The summed E-state index contributed by atoms with van der Waals surface area (Å²) >= 11 is 0. The average Bonchev–Trinajstić information content (AvgIpc) is 3.25. The Kier molecular flexibility index (Phi) is 11.9. The molecule has 0 aromatic carbocycles. The van der Waals surface area contributed by atoms with E-state index in [2.05, 4.69) is 21.4 Å². The van der Waals surface area contributed by atoms with Gasteiger partial charge in [-0.2, -0.15) is 5.10 Å². The van der Waals surface area contributed by atoms with Gasteiger partial charge >= 0.3 is 6.09 Å². The number of fused-ring (bicyclic) bond motifs is 5. The second-order valence-corrected chi connectivity index (χ2v) is 14.5. The molecule has 4 aliphatic carbocycles. The molecule has 3 amide bonds. The van der Waals surface area contributed by atoms with Crippen LogP contribution in [0.15, 0.2) is 41.1 Å². The number of carbonyl (C=O) groups excluding carboxylic acids is 4. The van der Waals surface area contributed by atoms with Crippen molar-refractivity contribution in [2.24, 2.45) is 33.7 Å². The predicted octanol–water partition coefficient (Wildman–Crippen LogP) is 3.86. The Bertz CT molecular complexity index is 1410. The number of halogens is 1. The van der Waals surface area contributed by atoms with Crippen molar-refractivity contribution in [2.75, 3.05) is 6.61 Å². The molecule has 3 saturated carbocycles. The molecule has 0 bridgehead atoms. The normalized spacial score (nSPS) is 35.9. The van der Waals surface area contributed by atoms with Crippen LogP contribution in [0.5, 0.6) is 0 Å². The Balaban J connectivity index is 1.36. The van der Waals surface area contributed by atoms with Gasteiger partial charge in [-0.25, -0.2) is 20.0 Å². The smallest absolute Gasteiger partial charge is 0.426 e. The Morgan fingerprint density at radius 1 is 1.16 bits per heavy atom. The first-order valence-corrected chi connectivity index (χ1v) is 17.5. The number of aliphatic hydroxyl groups excluding tert-OH is 2. The highest BCUT2D eigenvalue weighted by molar-refractivity contribution is 6.01. The number of nitrogens with one attached hydrogen (secondary N) is 3. The van der Waals surface area contributed by atoms with E-state index in [-0.39, 0.29) is 43.1 Å². The van der Waals surface area contributed by atoms with E-state index in [9.17, 15) is 34.5 Å².